The van der Waals surface area contributed by atoms with Gasteiger partial charge in [-0.1, -0.05) is 0 Å². The SMILES string of the molecule is COCCOCCOCCOC(=O)C1CCC(N)CC1. The summed E-state index contributed by atoms with van der Waals surface area (Å²) < 4.78 is 20.6. The van der Waals surface area contributed by atoms with E-state index in [0.717, 1.165) is 25.7 Å². The van der Waals surface area contributed by atoms with Gasteiger partial charge in [0.2, 0.25) is 0 Å². The molecule has 1 aliphatic rings. The molecule has 0 unspecified atom stereocenters. The quantitative estimate of drug-likeness (QED) is 0.472. The van der Waals surface area contributed by atoms with Crippen LogP contribution in [0.3, 0.4) is 0 Å². The molecule has 0 aliphatic heterocycles. The molecule has 1 saturated carbocycles. The van der Waals surface area contributed by atoms with Crippen molar-refractivity contribution in [3.8, 4) is 0 Å². The van der Waals surface area contributed by atoms with E-state index in [1.54, 1.807) is 7.11 Å². The van der Waals surface area contributed by atoms with Crippen LogP contribution in [0.1, 0.15) is 25.7 Å². The first kappa shape index (κ1) is 17.4. The van der Waals surface area contributed by atoms with Gasteiger partial charge < -0.3 is 24.7 Å². The van der Waals surface area contributed by atoms with Gasteiger partial charge in [-0.15, -0.1) is 0 Å². The Bertz CT molecular complexity index is 254. The maximum Gasteiger partial charge on any atom is 0.309 e. The Morgan fingerprint density at radius 1 is 0.950 bits per heavy atom. The summed E-state index contributed by atoms with van der Waals surface area (Å²) >= 11 is 0. The number of carbonyl (C=O) groups is 1. The molecule has 6 nitrogen and oxygen atoms in total. The minimum absolute atomic E-state index is 0.0205. The molecule has 20 heavy (non-hydrogen) atoms. The second-order valence-corrected chi connectivity index (χ2v) is 5.00. The zero-order chi connectivity index (χ0) is 14.6. The second kappa shape index (κ2) is 11.0. The number of methoxy groups -OCH3 is 1. The van der Waals surface area contributed by atoms with Crippen molar-refractivity contribution in [3.05, 3.63) is 0 Å². The average molecular weight is 289 g/mol. The van der Waals surface area contributed by atoms with E-state index in [1.165, 1.54) is 0 Å². The largest absolute Gasteiger partial charge is 0.463 e. The molecule has 1 rings (SSSR count). The van der Waals surface area contributed by atoms with Crippen LogP contribution in [0.2, 0.25) is 0 Å². The van der Waals surface area contributed by atoms with Crippen LogP contribution in [0.25, 0.3) is 0 Å². The minimum Gasteiger partial charge on any atom is -0.463 e. The molecule has 0 aromatic carbocycles. The third-order valence-electron chi connectivity index (χ3n) is 3.38. The standard InChI is InChI=1S/C14H27NO5/c1-17-6-7-18-8-9-19-10-11-20-14(16)12-2-4-13(15)5-3-12/h12-13H,2-11,15H2,1H3. The number of nitrogens with two attached hydrogens (primary N) is 1. The highest BCUT2D eigenvalue weighted by Gasteiger charge is 2.25. The lowest BCUT2D eigenvalue weighted by atomic mass is 9.86. The summed E-state index contributed by atoms with van der Waals surface area (Å²) in [6, 6.07) is 0.250. The van der Waals surface area contributed by atoms with Gasteiger partial charge in [-0.25, -0.2) is 0 Å². The first-order chi connectivity index (χ1) is 9.74. The van der Waals surface area contributed by atoms with Crippen molar-refractivity contribution in [3.63, 3.8) is 0 Å². The smallest absolute Gasteiger partial charge is 0.309 e. The molecule has 1 fully saturated rings. The molecule has 0 saturated heterocycles. The molecule has 0 bridgehead atoms. The lowest BCUT2D eigenvalue weighted by Gasteiger charge is -2.24. The molecule has 1 aliphatic carbocycles. The molecule has 0 atom stereocenters. The highest BCUT2D eigenvalue weighted by Crippen LogP contribution is 2.24. The van der Waals surface area contributed by atoms with Gasteiger partial charge in [-0.3, -0.25) is 4.79 Å². The summed E-state index contributed by atoms with van der Waals surface area (Å²) in [5.74, 6) is -0.0935. The van der Waals surface area contributed by atoms with Crippen molar-refractivity contribution in [1.29, 1.82) is 0 Å². The van der Waals surface area contributed by atoms with E-state index >= 15 is 0 Å². The topological polar surface area (TPSA) is 80.0 Å². The summed E-state index contributed by atoms with van der Waals surface area (Å²) in [6.07, 6.45) is 3.51. The Hall–Kier alpha value is -0.690. The van der Waals surface area contributed by atoms with Crippen LogP contribution in [0.15, 0.2) is 0 Å². The van der Waals surface area contributed by atoms with Crippen molar-refractivity contribution >= 4 is 5.97 Å². The highest BCUT2D eigenvalue weighted by atomic mass is 16.6. The van der Waals surface area contributed by atoms with Crippen molar-refractivity contribution < 1.29 is 23.7 Å². The second-order valence-electron chi connectivity index (χ2n) is 5.00. The van der Waals surface area contributed by atoms with Crippen LogP contribution < -0.4 is 5.73 Å². The van der Waals surface area contributed by atoms with Crippen LogP contribution in [-0.4, -0.2) is 58.8 Å². The van der Waals surface area contributed by atoms with E-state index in [-0.39, 0.29) is 17.9 Å². The maximum atomic E-state index is 11.8. The van der Waals surface area contributed by atoms with Crippen LogP contribution in [0.5, 0.6) is 0 Å². The van der Waals surface area contributed by atoms with E-state index in [2.05, 4.69) is 0 Å². The fourth-order valence-corrected chi connectivity index (χ4v) is 2.14. The van der Waals surface area contributed by atoms with Crippen molar-refractivity contribution in [2.75, 3.05) is 46.8 Å². The van der Waals surface area contributed by atoms with Gasteiger partial charge in [-0.2, -0.15) is 0 Å². The van der Waals surface area contributed by atoms with Crippen LogP contribution >= 0.6 is 0 Å². The van der Waals surface area contributed by atoms with E-state index < -0.39 is 0 Å². The van der Waals surface area contributed by atoms with E-state index in [9.17, 15) is 4.79 Å². The monoisotopic (exact) mass is 289 g/mol. The fourth-order valence-electron chi connectivity index (χ4n) is 2.14. The Balaban J connectivity index is 1.89. The van der Waals surface area contributed by atoms with Crippen LogP contribution in [-0.2, 0) is 23.7 Å². The normalized spacial score (nSPS) is 22.7. The summed E-state index contributed by atoms with van der Waals surface area (Å²) in [6.45, 7) is 2.89. The minimum atomic E-state index is -0.114. The molecule has 0 aromatic rings. The summed E-state index contributed by atoms with van der Waals surface area (Å²) in [5, 5.41) is 0. The van der Waals surface area contributed by atoms with Gasteiger partial charge in [0, 0.05) is 13.2 Å². The lowest BCUT2D eigenvalue weighted by Crippen LogP contribution is -2.31. The lowest BCUT2D eigenvalue weighted by molar-refractivity contribution is -0.151. The Labute approximate surface area is 120 Å². The van der Waals surface area contributed by atoms with Crippen LogP contribution in [0, 0.1) is 5.92 Å². The van der Waals surface area contributed by atoms with Gasteiger partial charge in [-0.05, 0) is 25.7 Å². The van der Waals surface area contributed by atoms with Gasteiger partial charge >= 0.3 is 5.97 Å². The van der Waals surface area contributed by atoms with E-state index in [4.69, 9.17) is 24.7 Å². The number of esters is 1. The molecule has 0 spiro atoms. The first-order valence-electron chi connectivity index (χ1n) is 7.30. The van der Waals surface area contributed by atoms with Crippen LogP contribution in [0.4, 0.5) is 0 Å². The van der Waals surface area contributed by atoms with Gasteiger partial charge in [0.05, 0.1) is 39.0 Å². The van der Waals surface area contributed by atoms with Gasteiger partial charge in [0.15, 0.2) is 0 Å². The van der Waals surface area contributed by atoms with E-state index in [1.807, 2.05) is 0 Å². The maximum absolute atomic E-state index is 11.8. The molecule has 0 radical (unpaired) electrons. The fraction of sp³-hybridized carbons (Fsp3) is 0.929. The molecule has 0 heterocycles. The molecule has 2 N–H and O–H groups in total. The molecule has 0 amide bonds. The third kappa shape index (κ3) is 7.79. The average Bonchev–Trinajstić information content (AvgIpc) is 2.46. The third-order valence-corrected chi connectivity index (χ3v) is 3.38. The number of rotatable bonds is 10. The molecule has 0 aromatic heterocycles. The van der Waals surface area contributed by atoms with Crippen molar-refractivity contribution in [2.45, 2.75) is 31.7 Å². The molecule has 6 heteroatoms. The first-order valence-corrected chi connectivity index (χ1v) is 7.30. The van der Waals surface area contributed by atoms with Crippen molar-refractivity contribution in [2.24, 2.45) is 11.7 Å². The molecular formula is C14H27NO5. The predicted molar refractivity (Wildman–Crippen MR) is 74.4 cm³/mol. The number of hydrogen-bond donors (Lipinski definition) is 1. The van der Waals surface area contributed by atoms with Gasteiger partial charge in [0.1, 0.15) is 6.61 Å². The zero-order valence-electron chi connectivity index (χ0n) is 12.3. The number of ether oxygens (including phenoxy) is 4. The number of hydrogen-bond acceptors (Lipinski definition) is 6. The predicted octanol–water partition coefficient (Wildman–Crippen LogP) is 0.727. The highest BCUT2D eigenvalue weighted by molar-refractivity contribution is 5.72. The summed E-state index contributed by atoms with van der Waals surface area (Å²) in [7, 11) is 1.63. The zero-order valence-corrected chi connectivity index (χ0v) is 12.3. The van der Waals surface area contributed by atoms with Crippen molar-refractivity contribution in [1.82, 2.24) is 0 Å². The Kier molecular flexibility index (Phi) is 9.57. The summed E-state index contributed by atoms with van der Waals surface area (Å²) in [4.78, 5) is 11.8. The molecule has 118 valence electrons. The van der Waals surface area contributed by atoms with E-state index in [0.29, 0.717) is 39.6 Å². The summed E-state index contributed by atoms with van der Waals surface area (Å²) in [5.41, 5.74) is 5.80. The molecular weight excluding hydrogens is 262 g/mol. The Morgan fingerprint density at radius 2 is 1.50 bits per heavy atom. The Morgan fingerprint density at radius 3 is 2.10 bits per heavy atom. The van der Waals surface area contributed by atoms with Gasteiger partial charge in [0.25, 0.3) is 0 Å². The number of carbonyl (C=O) groups excluding carboxylic acids is 1.